The first-order valence-corrected chi connectivity index (χ1v) is 7.65. The molecule has 3 aromatic rings. The number of aromatic nitrogens is 1. The summed E-state index contributed by atoms with van der Waals surface area (Å²) in [5, 5.41) is 3.62. The summed E-state index contributed by atoms with van der Waals surface area (Å²) in [6.45, 7) is 0.439. The summed E-state index contributed by atoms with van der Waals surface area (Å²) < 4.78 is 5.68. The predicted molar refractivity (Wildman–Crippen MR) is 87.7 cm³/mol. The monoisotopic (exact) mass is 316 g/mol. The Bertz CT molecular complexity index is 740. The third-order valence-electron chi connectivity index (χ3n) is 2.91. The van der Waals surface area contributed by atoms with E-state index >= 15 is 0 Å². The summed E-state index contributed by atoms with van der Waals surface area (Å²) in [4.78, 5) is 4.57. The molecule has 106 valence electrons. The SMILES string of the molecule is Nc1cccc(-c2csc(COc3ccc(Cl)cc3)n2)c1. The molecule has 0 bridgehead atoms. The number of rotatable bonds is 4. The molecule has 2 aromatic carbocycles. The van der Waals surface area contributed by atoms with Gasteiger partial charge in [-0.3, -0.25) is 0 Å². The van der Waals surface area contributed by atoms with Crippen molar-refractivity contribution in [2.24, 2.45) is 0 Å². The second kappa shape index (κ2) is 6.16. The molecule has 0 aliphatic rings. The first kappa shape index (κ1) is 13.9. The lowest BCUT2D eigenvalue weighted by Crippen LogP contribution is -1.94. The van der Waals surface area contributed by atoms with Gasteiger partial charge in [0.2, 0.25) is 0 Å². The van der Waals surface area contributed by atoms with Crippen LogP contribution in [-0.2, 0) is 6.61 Å². The molecule has 1 heterocycles. The lowest BCUT2D eigenvalue weighted by molar-refractivity contribution is 0.305. The maximum Gasteiger partial charge on any atom is 0.140 e. The van der Waals surface area contributed by atoms with Gasteiger partial charge in [-0.05, 0) is 36.4 Å². The highest BCUT2D eigenvalue weighted by molar-refractivity contribution is 7.09. The maximum atomic E-state index is 5.84. The number of halogens is 1. The van der Waals surface area contributed by atoms with Crippen LogP contribution in [0.2, 0.25) is 5.02 Å². The van der Waals surface area contributed by atoms with Gasteiger partial charge in [-0.2, -0.15) is 0 Å². The fourth-order valence-electron chi connectivity index (χ4n) is 1.88. The van der Waals surface area contributed by atoms with Crippen LogP contribution in [0.25, 0.3) is 11.3 Å². The first-order valence-electron chi connectivity index (χ1n) is 6.39. The zero-order valence-electron chi connectivity index (χ0n) is 11.1. The number of hydrogen-bond acceptors (Lipinski definition) is 4. The molecule has 0 fully saturated rings. The molecule has 0 atom stereocenters. The fraction of sp³-hybridized carbons (Fsp3) is 0.0625. The van der Waals surface area contributed by atoms with Crippen molar-refractivity contribution in [3.05, 3.63) is 63.9 Å². The molecule has 21 heavy (non-hydrogen) atoms. The van der Waals surface area contributed by atoms with Crippen LogP contribution in [0, 0.1) is 0 Å². The summed E-state index contributed by atoms with van der Waals surface area (Å²) in [7, 11) is 0. The van der Waals surface area contributed by atoms with Crippen molar-refractivity contribution in [3.63, 3.8) is 0 Å². The van der Waals surface area contributed by atoms with E-state index in [4.69, 9.17) is 22.1 Å². The van der Waals surface area contributed by atoms with E-state index in [0.29, 0.717) is 11.6 Å². The van der Waals surface area contributed by atoms with Crippen LogP contribution in [0.15, 0.2) is 53.9 Å². The van der Waals surface area contributed by atoms with Gasteiger partial charge in [-0.25, -0.2) is 4.98 Å². The highest BCUT2D eigenvalue weighted by Gasteiger charge is 2.05. The lowest BCUT2D eigenvalue weighted by atomic mass is 10.1. The summed E-state index contributed by atoms with van der Waals surface area (Å²) in [5.74, 6) is 0.778. The van der Waals surface area contributed by atoms with E-state index < -0.39 is 0 Å². The Morgan fingerprint density at radius 1 is 1.14 bits per heavy atom. The number of nitrogens with zero attached hydrogens (tertiary/aromatic N) is 1. The zero-order chi connectivity index (χ0) is 14.7. The predicted octanol–water partition coefficient (Wildman–Crippen LogP) is 4.62. The molecule has 3 nitrogen and oxygen atoms in total. The number of hydrogen-bond donors (Lipinski definition) is 1. The summed E-state index contributed by atoms with van der Waals surface area (Å²) in [6, 6.07) is 15.0. The molecule has 0 spiro atoms. The Hall–Kier alpha value is -2.04. The molecule has 3 rings (SSSR count). The first-order chi connectivity index (χ1) is 10.2. The standard InChI is InChI=1S/C16H13ClN2OS/c17-12-4-6-14(7-5-12)20-9-16-19-15(10-21-16)11-2-1-3-13(18)8-11/h1-8,10H,9,18H2. The molecule has 0 saturated carbocycles. The topological polar surface area (TPSA) is 48.1 Å². The van der Waals surface area contributed by atoms with Gasteiger partial charge in [-0.15, -0.1) is 11.3 Å². The van der Waals surface area contributed by atoms with E-state index in [1.165, 1.54) is 0 Å². The average Bonchev–Trinajstić information content (AvgIpc) is 2.96. The van der Waals surface area contributed by atoms with Gasteiger partial charge in [0.15, 0.2) is 0 Å². The highest BCUT2D eigenvalue weighted by atomic mass is 35.5. The van der Waals surface area contributed by atoms with Gasteiger partial charge in [-0.1, -0.05) is 23.7 Å². The number of thiazole rings is 1. The smallest absolute Gasteiger partial charge is 0.140 e. The van der Waals surface area contributed by atoms with Crippen LogP contribution in [0.5, 0.6) is 5.75 Å². The molecule has 0 unspecified atom stereocenters. The molecule has 0 aliphatic heterocycles. The van der Waals surface area contributed by atoms with Gasteiger partial charge in [0.25, 0.3) is 0 Å². The van der Waals surface area contributed by atoms with Crippen molar-refractivity contribution in [1.29, 1.82) is 0 Å². The number of ether oxygens (including phenoxy) is 1. The Morgan fingerprint density at radius 3 is 2.71 bits per heavy atom. The Labute approximate surface area is 132 Å². The lowest BCUT2D eigenvalue weighted by Gasteiger charge is -2.03. The van der Waals surface area contributed by atoms with Crippen LogP contribution in [0.4, 0.5) is 5.69 Å². The number of anilines is 1. The van der Waals surface area contributed by atoms with Gasteiger partial charge < -0.3 is 10.5 Å². The summed E-state index contributed by atoms with van der Waals surface area (Å²) in [5.41, 5.74) is 8.46. The molecular formula is C16H13ClN2OS. The van der Waals surface area contributed by atoms with Crippen molar-refractivity contribution >= 4 is 28.6 Å². The minimum absolute atomic E-state index is 0.439. The largest absolute Gasteiger partial charge is 0.486 e. The van der Waals surface area contributed by atoms with E-state index in [0.717, 1.165) is 27.7 Å². The van der Waals surface area contributed by atoms with E-state index in [1.54, 1.807) is 23.5 Å². The summed E-state index contributed by atoms with van der Waals surface area (Å²) >= 11 is 7.41. The van der Waals surface area contributed by atoms with Crippen LogP contribution in [0.1, 0.15) is 5.01 Å². The van der Waals surface area contributed by atoms with Crippen LogP contribution < -0.4 is 10.5 Å². The Kier molecular flexibility index (Phi) is 4.08. The van der Waals surface area contributed by atoms with E-state index in [1.807, 2.05) is 41.8 Å². The van der Waals surface area contributed by atoms with Gasteiger partial charge >= 0.3 is 0 Å². The molecule has 2 N–H and O–H groups in total. The molecular weight excluding hydrogens is 304 g/mol. The van der Waals surface area contributed by atoms with Crippen LogP contribution in [0.3, 0.4) is 0 Å². The average molecular weight is 317 g/mol. The van der Waals surface area contributed by atoms with Gasteiger partial charge in [0, 0.05) is 21.7 Å². The molecule has 0 saturated heterocycles. The minimum Gasteiger partial charge on any atom is -0.486 e. The third kappa shape index (κ3) is 3.54. The minimum atomic E-state index is 0.439. The second-order valence-electron chi connectivity index (χ2n) is 4.49. The van der Waals surface area contributed by atoms with Crippen LogP contribution >= 0.6 is 22.9 Å². The fourth-order valence-corrected chi connectivity index (χ4v) is 2.72. The molecule has 1 aromatic heterocycles. The van der Waals surface area contributed by atoms with Gasteiger partial charge in [0.05, 0.1) is 5.69 Å². The molecule has 0 aliphatic carbocycles. The highest BCUT2D eigenvalue weighted by Crippen LogP contribution is 2.24. The van der Waals surface area contributed by atoms with Crippen molar-refractivity contribution in [1.82, 2.24) is 4.98 Å². The maximum absolute atomic E-state index is 5.84. The van der Waals surface area contributed by atoms with Crippen molar-refractivity contribution in [2.45, 2.75) is 6.61 Å². The van der Waals surface area contributed by atoms with E-state index in [9.17, 15) is 0 Å². The van der Waals surface area contributed by atoms with Gasteiger partial charge in [0.1, 0.15) is 17.4 Å². The molecule has 0 amide bonds. The van der Waals surface area contributed by atoms with Crippen molar-refractivity contribution < 1.29 is 4.74 Å². The number of nitrogen functional groups attached to an aromatic ring is 1. The number of benzene rings is 2. The van der Waals surface area contributed by atoms with Crippen molar-refractivity contribution in [2.75, 3.05) is 5.73 Å². The normalized spacial score (nSPS) is 10.5. The van der Waals surface area contributed by atoms with Crippen LogP contribution in [-0.4, -0.2) is 4.98 Å². The quantitative estimate of drug-likeness (QED) is 0.714. The zero-order valence-corrected chi connectivity index (χ0v) is 12.7. The van der Waals surface area contributed by atoms with E-state index in [2.05, 4.69) is 4.98 Å². The Balaban J connectivity index is 1.69. The van der Waals surface area contributed by atoms with Crippen molar-refractivity contribution in [3.8, 4) is 17.0 Å². The second-order valence-corrected chi connectivity index (χ2v) is 5.87. The third-order valence-corrected chi connectivity index (χ3v) is 3.98. The van der Waals surface area contributed by atoms with E-state index in [-0.39, 0.29) is 0 Å². The summed E-state index contributed by atoms with van der Waals surface area (Å²) in [6.07, 6.45) is 0. The molecule has 5 heteroatoms. The number of nitrogens with two attached hydrogens (primary N) is 1. The Morgan fingerprint density at radius 2 is 1.95 bits per heavy atom. The molecule has 0 radical (unpaired) electrons.